The summed E-state index contributed by atoms with van der Waals surface area (Å²) in [5, 5.41) is 15.0. The number of aliphatic hydroxyl groups is 1. The molecule has 0 spiro atoms. The quantitative estimate of drug-likeness (QED) is 0.824. The average Bonchev–Trinajstić information content (AvgIpc) is 2.75. The van der Waals surface area contributed by atoms with E-state index in [9.17, 15) is 5.11 Å². The molecule has 0 fully saturated rings. The summed E-state index contributed by atoms with van der Waals surface area (Å²) in [6.45, 7) is 4.91. The SMILES string of the molecule is CCc1nn(CC)c(CC(O)c2cccc(N)c2)c1Br. The normalized spacial score (nSPS) is 12.6. The summed E-state index contributed by atoms with van der Waals surface area (Å²) in [6.07, 6.45) is 0.807. The highest BCUT2D eigenvalue weighted by Crippen LogP contribution is 2.27. The summed E-state index contributed by atoms with van der Waals surface area (Å²) < 4.78 is 2.95. The van der Waals surface area contributed by atoms with Crippen molar-refractivity contribution in [1.29, 1.82) is 0 Å². The Morgan fingerprint density at radius 3 is 2.75 bits per heavy atom. The first kappa shape index (κ1) is 15.1. The molecule has 0 saturated carbocycles. The van der Waals surface area contributed by atoms with Gasteiger partial charge in [0.05, 0.1) is 22.0 Å². The van der Waals surface area contributed by atoms with E-state index in [0.29, 0.717) is 12.1 Å². The van der Waals surface area contributed by atoms with Crippen LogP contribution in [0, 0.1) is 0 Å². The summed E-state index contributed by atoms with van der Waals surface area (Å²) in [4.78, 5) is 0. The van der Waals surface area contributed by atoms with Crippen molar-refractivity contribution in [3.05, 3.63) is 45.7 Å². The molecule has 1 atom stereocenters. The lowest BCUT2D eigenvalue weighted by Gasteiger charge is -2.13. The summed E-state index contributed by atoms with van der Waals surface area (Å²) >= 11 is 3.60. The van der Waals surface area contributed by atoms with E-state index in [1.807, 2.05) is 28.9 Å². The van der Waals surface area contributed by atoms with Crippen molar-refractivity contribution in [3.8, 4) is 0 Å². The van der Waals surface area contributed by atoms with Gasteiger partial charge in [-0.05, 0) is 47.0 Å². The number of hydrogen-bond acceptors (Lipinski definition) is 3. The predicted molar refractivity (Wildman–Crippen MR) is 84.5 cm³/mol. The molecule has 1 aromatic carbocycles. The lowest BCUT2D eigenvalue weighted by atomic mass is 10.0. The molecule has 108 valence electrons. The van der Waals surface area contributed by atoms with Crippen molar-refractivity contribution in [2.75, 3.05) is 5.73 Å². The molecule has 5 heteroatoms. The van der Waals surface area contributed by atoms with Crippen molar-refractivity contribution >= 4 is 21.6 Å². The Labute approximate surface area is 127 Å². The standard InChI is InChI=1S/C15H20BrN3O/c1-3-12-15(16)13(19(4-2)18-12)9-14(20)10-6-5-7-11(17)8-10/h5-8,14,20H,3-4,9,17H2,1-2H3. The summed E-state index contributed by atoms with van der Waals surface area (Å²) in [5.41, 5.74) is 9.32. The van der Waals surface area contributed by atoms with Crippen LogP contribution in [0.5, 0.6) is 0 Å². The van der Waals surface area contributed by atoms with Crippen LogP contribution in [0.25, 0.3) is 0 Å². The zero-order valence-electron chi connectivity index (χ0n) is 11.8. The molecule has 3 N–H and O–H groups in total. The molecule has 4 nitrogen and oxygen atoms in total. The van der Waals surface area contributed by atoms with E-state index in [4.69, 9.17) is 5.73 Å². The Bertz CT molecular complexity index is 595. The zero-order valence-corrected chi connectivity index (χ0v) is 13.4. The molecule has 0 aliphatic heterocycles. The number of anilines is 1. The van der Waals surface area contributed by atoms with Crippen molar-refractivity contribution in [1.82, 2.24) is 9.78 Å². The molecule has 0 aliphatic rings. The molecule has 0 bridgehead atoms. The van der Waals surface area contributed by atoms with Gasteiger partial charge in [-0.1, -0.05) is 19.1 Å². The van der Waals surface area contributed by atoms with E-state index < -0.39 is 6.10 Å². The molecule has 2 aromatic rings. The first-order chi connectivity index (χ1) is 9.56. The molecule has 1 aromatic heterocycles. The third-order valence-electron chi connectivity index (χ3n) is 3.38. The van der Waals surface area contributed by atoms with Crippen LogP contribution in [0.1, 0.15) is 36.9 Å². The number of hydrogen-bond donors (Lipinski definition) is 2. The van der Waals surface area contributed by atoms with Crippen LogP contribution in [0.2, 0.25) is 0 Å². The maximum Gasteiger partial charge on any atom is 0.0846 e. The maximum absolute atomic E-state index is 10.4. The molecular weight excluding hydrogens is 318 g/mol. The smallest absolute Gasteiger partial charge is 0.0846 e. The number of nitrogens with zero attached hydrogens (tertiary/aromatic N) is 2. The molecule has 0 aliphatic carbocycles. The summed E-state index contributed by atoms with van der Waals surface area (Å²) in [6, 6.07) is 7.38. The minimum Gasteiger partial charge on any atom is -0.399 e. The van der Waals surface area contributed by atoms with Gasteiger partial charge in [0.1, 0.15) is 0 Å². The number of nitrogen functional groups attached to an aromatic ring is 1. The molecule has 0 radical (unpaired) electrons. The topological polar surface area (TPSA) is 64.1 Å². The highest BCUT2D eigenvalue weighted by Gasteiger charge is 2.18. The Balaban J connectivity index is 2.27. The second-order valence-corrected chi connectivity index (χ2v) is 5.56. The van der Waals surface area contributed by atoms with Gasteiger partial charge in [0, 0.05) is 18.7 Å². The second-order valence-electron chi connectivity index (χ2n) is 4.77. The second kappa shape index (κ2) is 6.41. The van der Waals surface area contributed by atoms with Gasteiger partial charge in [0.2, 0.25) is 0 Å². The van der Waals surface area contributed by atoms with Gasteiger partial charge in [-0.15, -0.1) is 0 Å². The van der Waals surface area contributed by atoms with E-state index in [2.05, 4.69) is 34.9 Å². The van der Waals surface area contributed by atoms with Crippen molar-refractivity contribution in [2.24, 2.45) is 0 Å². The third-order valence-corrected chi connectivity index (χ3v) is 4.29. The number of nitrogens with two attached hydrogens (primary N) is 1. The van der Waals surface area contributed by atoms with E-state index in [0.717, 1.165) is 34.4 Å². The minimum atomic E-state index is -0.582. The van der Waals surface area contributed by atoms with E-state index >= 15 is 0 Å². The maximum atomic E-state index is 10.4. The largest absolute Gasteiger partial charge is 0.399 e. The summed E-state index contributed by atoms with van der Waals surface area (Å²) in [7, 11) is 0. The Morgan fingerprint density at radius 2 is 2.15 bits per heavy atom. The fourth-order valence-electron chi connectivity index (χ4n) is 2.28. The van der Waals surface area contributed by atoms with Gasteiger partial charge in [0.25, 0.3) is 0 Å². The summed E-state index contributed by atoms with van der Waals surface area (Å²) in [5.74, 6) is 0. The first-order valence-electron chi connectivity index (χ1n) is 6.84. The Morgan fingerprint density at radius 1 is 1.40 bits per heavy atom. The number of aromatic nitrogens is 2. The van der Waals surface area contributed by atoms with Gasteiger partial charge in [0.15, 0.2) is 0 Å². The van der Waals surface area contributed by atoms with Gasteiger partial charge >= 0.3 is 0 Å². The zero-order chi connectivity index (χ0) is 14.7. The highest BCUT2D eigenvalue weighted by molar-refractivity contribution is 9.10. The molecule has 0 saturated heterocycles. The van der Waals surface area contributed by atoms with Crippen molar-refractivity contribution in [3.63, 3.8) is 0 Å². The lowest BCUT2D eigenvalue weighted by molar-refractivity contribution is 0.175. The minimum absolute atomic E-state index is 0.519. The van der Waals surface area contributed by atoms with Crippen molar-refractivity contribution < 1.29 is 5.11 Å². The van der Waals surface area contributed by atoms with Crippen LogP contribution < -0.4 is 5.73 Å². The molecule has 1 heterocycles. The van der Waals surface area contributed by atoms with Crippen LogP contribution in [0.3, 0.4) is 0 Å². The Kier molecular flexibility index (Phi) is 4.83. The van der Waals surface area contributed by atoms with Crippen LogP contribution in [-0.2, 0) is 19.4 Å². The highest BCUT2D eigenvalue weighted by atomic mass is 79.9. The van der Waals surface area contributed by atoms with Gasteiger partial charge in [-0.25, -0.2) is 0 Å². The fourth-order valence-corrected chi connectivity index (χ4v) is 3.01. The number of benzene rings is 1. The number of aliphatic hydroxyl groups excluding tert-OH is 1. The molecule has 20 heavy (non-hydrogen) atoms. The van der Waals surface area contributed by atoms with Crippen LogP contribution in [0.15, 0.2) is 28.7 Å². The van der Waals surface area contributed by atoms with E-state index in [-0.39, 0.29) is 0 Å². The van der Waals surface area contributed by atoms with E-state index in [1.165, 1.54) is 0 Å². The molecular formula is C15H20BrN3O. The number of aryl methyl sites for hydroxylation is 2. The van der Waals surface area contributed by atoms with Crippen molar-refractivity contribution in [2.45, 2.75) is 39.3 Å². The average molecular weight is 338 g/mol. The first-order valence-corrected chi connectivity index (χ1v) is 7.63. The van der Waals surface area contributed by atoms with Gasteiger partial charge in [-0.2, -0.15) is 5.10 Å². The lowest BCUT2D eigenvalue weighted by Crippen LogP contribution is -2.09. The molecule has 2 rings (SSSR count). The molecule has 0 amide bonds. The van der Waals surface area contributed by atoms with Gasteiger partial charge < -0.3 is 10.8 Å². The van der Waals surface area contributed by atoms with Crippen LogP contribution in [0.4, 0.5) is 5.69 Å². The third kappa shape index (κ3) is 3.04. The van der Waals surface area contributed by atoms with E-state index in [1.54, 1.807) is 0 Å². The number of rotatable bonds is 5. The predicted octanol–water partition coefficient (Wildman–Crippen LogP) is 3.09. The fraction of sp³-hybridized carbons (Fsp3) is 0.400. The Hall–Kier alpha value is -1.33. The van der Waals surface area contributed by atoms with Crippen LogP contribution >= 0.6 is 15.9 Å². The van der Waals surface area contributed by atoms with Gasteiger partial charge in [-0.3, -0.25) is 4.68 Å². The van der Waals surface area contributed by atoms with Crippen LogP contribution in [-0.4, -0.2) is 14.9 Å². The monoisotopic (exact) mass is 337 g/mol. The molecule has 1 unspecified atom stereocenters. The number of halogens is 1.